The number of nitrogens with zero attached hydrogens (tertiary/aromatic N) is 4. The summed E-state index contributed by atoms with van der Waals surface area (Å²) in [5, 5.41) is 42.5. The van der Waals surface area contributed by atoms with Gasteiger partial charge in [-0.15, -0.1) is 0 Å². The lowest BCUT2D eigenvalue weighted by Gasteiger charge is -2.33. The summed E-state index contributed by atoms with van der Waals surface area (Å²) in [7, 11) is 0. The van der Waals surface area contributed by atoms with Crippen molar-refractivity contribution in [3.05, 3.63) is 22.6 Å². The van der Waals surface area contributed by atoms with E-state index in [1.807, 2.05) is 0 Å². The molecule has 0 aromatic heterocycles. The number of carbonyl (C=O) groups excluding carboxylic acids is 1. The zero-order valence-corrected chi connectivity index (χ0v) is 15.8. The number of ether oxygens (including phenoxy) is 1. The van der Waals surface area contributed by atoms with Crippen LogP contribution in [-0.4, -0.2) is 22.6 Å². The Morgan fingerprint density at radius 3 is 2.46 bits per heavy atom. The fourth-order valence-electron chi connectivity index (χ4n) is 3.42. The van der Waals surface area contributed by atoms with E-state index in [4.69, 9.17) is 15.3 Å². The van der Waals surface area contributed by atoms with E-state index in [1.165, 1.54) is 0 Å². The standard InChI is InChI=1S/C19H21N5O4/c1-18(2,7-15(25)28-24-13-5-3-4-6-13)11-19(26)16(12(8-20)9-21)14(10-22)17(23)27-19/h26H,3-7,11,23H2,1-2H3. The van der Waals surface area contributed by atoms with Gasteiger partial charge in [-0.3, -0.25) is 0 Å². The summed E-state index contributed by atoms with van der Waals surface area (Å²) in [5.74, 6) is -3.15. The SMILES string of the molecule is CC(C)(CC(=O)ON=C1CCCC1)CC1(O)OC(N)=C(C#N)C1=C(C#N)C#N. The number of allylic oxidation sites excluding steroid dienone is 1. The highest BCUT2D eigenvalue weighted by molar-refractivity contribution is 5.86. The van der Waals surface area contributed by atoms with Gasteiger partial charge in [0.15, 0.2) is 0 Å². The van der Waals surface area contributed by atoms with Crippen molar-refractivity contribution < 1.29 is 19.5 Å². The molecule has 9 heteroatoms. The van der Waals surface area contributed by atoms with Gasteiger partial charge in [-0.2, -0.15) is 15.8 Å². The summed E-state index contributed by atoms with van der Waals surface area (Å²) >= 11 is 0. The van der Waals surface area contributed by atoms with Crippen molar-refractivity contribution in [1.82, 2.24) is 0 Å². The first-order chi connectivity index (χ1) is 13.2. The van der Waals surface area contributed by atoms with E-state index >= 15 is 0 Å². The Morgan fingerprint density at radius 1 is 1.32 bits per heavy atom. The van der Waals surface area contributed by atoms with Gasteiger partial charge in [-0.25, -0.2) is 4.79 Å². The molecule has 1 atom stereocenters. The quantitative estimate of drug-likeness (QED) is 0.413. The molecule has 3 N–H and O–H groups in total. The van der Waals surface area contributed by atoms with Gasteiger partial charge in [0.1, 0.15) is 29.4 Å². The van der Waals surface area contributed by atoms with Crippen LogP contribution < -0.4 is 5.73 Å². The highest BCUT2D eigenvalue weighted by atomic mass is 16.7. The van der Waals surface area contributed by atoms with Gasteiger partial charge < -0.3 is 20.4 Å². The average molecular weight is 383 g/mol. The number of nitriles is 3. The Kier molecular flexibility index (Phi) is 6.08. The molecule has 1 saturated carbocycles. The van der Waals surface area contributed by atoms with E-state index < -0.39 is 22.7 Å². The number of rotatable bonds is 5. The molecular weight excluding hydrogens is 362 g/mol. The molecule has 1 aliphatic carbocycles. The maximum Gasteiger partial charge on any atom is 0.335 e. The van der Waals surface area contributed by atoms with Crippen LogP contribution in [0.15, 0.2) is 27.8 Å². The molecule has 0 bridgehead atoms. The van der Waals surface area contributed by atoms with Gasteiger partial charge in [-0.05, 0) is 31.1 Å². The van der Waals surface area contributed by atoms with E-state index in [1.54, 1.807) is 32.1 Å². The van der Waals surface area contributed by atoms with Crippen molar-refractivity contribution in [2.45, 2.75) is 58.2 Å². The Bertz CT molecular complexity index is 871. The molecule has 146 valence electrons. The van der Waals surface area contributed by atoms with Crippen LogP contribution in [0.2, 0.25) is 0 Å². The highest BCUT2D eigenvalue weighted by Crippen LogP contribution is 2.45. The third-order valence-corrected chi connectivity index (χ3v) is 4.55. The molecule has 1 heterocycles. The van der Waals surface area contributed by atoms with Crippen LogP contribution >= 0.6 is 0 Å². The first-order valence-electron chi connectivity index (χ1n) is 8.78. The van der Waals surface area contributed by atoms with Crippen molar-refractivity contribution in [3.63, 3.8) is 0 Å². The average Bonchev–Trinajstić information content (AvgIpc) is 3.20. The van der Waals surface area contributed by atoms with E-state index in [-0.39, 0.29) is 29.9 Å². The lowest BCUT2D eigenvalue weighted by atomic mass is 9.78. The number of oxime groups is 1. The second kappa shape index (κ2) is 8.12. The number of aliphatic hydroxyl groups is 1. The van der Waals surface area contributed by atoms with Crippen molar-refractivity contribution in [3.8, 4) is 18.2 Å². The van der Waals surface area contributed by atoms with Gasteiger partial charge in [0, 0.05) is 6.42 Å². The van der Waals surface area contributed by atoms with Gasteiger partial charge in [0.2, 0.25) is 11.7 Å². The van der Waals surface area contributed by atoms with E-state index in [0.29, 0.717) is 0 Å². The Labute approximate surface area is 162 Å². The number of hydrogen-bond acceptors (Lipinski definition) is 9. The zero-order chi connectivity index (χ0) is 20.9. The highest BCUT2D eigenvalue weighted by Gasteiger charge is 2.49. The topological polar surface area (TPSA) is 166 Å². The van der Waals surface area contributed by atoms with Crippen LogP contribution in [0.4, 0.5) is 0 Å². The van der Waals surface area contributed by atoms with E-state index in [0.717, 1.165) is 31.4 Å². The monoisotopic (exact) mass is 383 g/mol. The molecule has 28 heavy (non-hydrogen) atoms. The summed E-state index contributed by atoms with van der Waals surface area (Å²) in [5.41, 5.74) is 4.58. The molecule has 0 aromatic rings. The lowest BCUT2D eigenvalue weighted by molar-refractivity contribution is -0.163. The van der Waals surface area contributed by atoms with Gasteiger partial charge in [0.25, 0.3) is 0 Å². The minimum absolute atomic E-state index is 0.112. The summed E-state index contributed by atoms with van der Waals surface area (Å²) in [6.07, 6.45) is 3.35. The summed E-state index contributed by atoms with van der Waals surface area (Å²) in [4.78, 5) is 17.1. The summed E-state index contributed by atoms with van der Waals surface area (Å²) in [6.45, 7) is 3.35. The normalized spacial score (nSPS) is 21.4. The number of hydrogen-bond donors (Lipinski definition) is 2. The van der Waals surface area contributed by atoms with Crippen molar-refractivity contribution >= 4 is 11.7 Å². The minimum Gasteiger partial charge on any atom is -0.442 e. The molecule has 0 amide bonds. The Hall–Kier alpha value is -3.35. The minimum atomic E-state index is -2.18. The van der Waals surface area contributed by atoms with Crippen molar-refractivity contribution in [1.29, 1.82) is 15.8 Å². The molecule has 0 radical (unpaired) electrons. The van der Waals surface area contributed by atoms with E-state index in [9.17, 15) is 25.7 Å². The van der Waals surface area contributed by atoms with Crippen LogP contribution in [0.1, 0.15) is 52.4 Å². The molecule has 0 aromatic carbocycles. The Balaban J connectivity index is 2.19. The second-order valence-electron chi connectivity index (χ2n) is 7.56. The first kappa shape index (κ1) is 21.0. The predicted octanol–water partition coefficient (Wildman–Crippen LogP) is 2.02. The maximum absolute atomic E-state index is 12.2. The maximum atomic E-state index is 12.2. The smallest absolute Gasteiger partial charge is 0.335 e. The van der Waals surface area contributed by atoms with Crippen molar-refractivity contribution in [2.75, 3.05) is 0 Å². The van der Waals surface area contributed by atoms with Crippen LogP contribution in [0.5, 0.6) is 0 Å². The largest absolute Gasteiger partial charge is 0.442 e. The third-order valence-electron chi connectivity index (χ3n) is 4.55. The van der Waals surface area contributed by atoms with Crippen LogP contribution in [0.25, 0.3) is 0 Å². The van der Waals surface area contributed by atoms with Gasteiger partial charge >= 0.3 is 5.97 Å². The van der Waals surface area contributed by atoms with Gasteiger partial charge in [0.05, 0.1) is 17.7 Å². The summed E-state index contributed by atoms with van der Waals surface area (Å²) < 4.78 is 5.26. The zero-order valence-electron chi connectivity index (χ0n) is 15.8. The van der Waals surface area contributed by atoms with Crippen molar-refractivity contribution in [2.24, 2.45) is 16.3 Å². The van der Waals surface area contributed by atoms with Crippen LogP contribution in [0, 0.1) is 39.4 Å². The number of carbonyl (C=O) groups is 1. The molecule has 0 spiro atoms. The van der Waals surface area contributed by atoms with Gasteiger partial charge in [-0.1, -0.05) is 19.0 Å². The fraction of sp³-hybridized carbons (Fsp3) is 0.526. The molecular formula is C19H21N5O4. The Morgan fingerprint density at radius 2 is 1.93 bits per heavy atom. The summed E-state index contributed by atoms with van der Waals surface area (Å²) in [6, 6.07) is 5.03. The molecule has 2 aliphatic rings. The lowest BCUT2D eigenvalue weighted by Crippen LogP contribution is -2.38. The van der Waals surface area contributed by atoms with E-state index in [2.05, 4.69) is 5.16 Å². The molecule has 2 rings (SSSR count). The molecule has 1 fully saturated rings. The first-order valence-corrected chi connectivity index (χ1v) is 8.78. The molecule has 1 aliphatic heterocycles. The molecule has 0 saturated heterocycles. The van der Waals surface area contributed by atoms with Crippen LogP contribution in [0.3, 0.4) is 0 Å². The second-order valence-corrected chi connectivity index (χ2v) is 7.56. The fourth-order valence-corrected chi connectivity index (χ4v) is 3.42. The molecule has 1 unspecified atom stereocenters. The van der Waals surface area contributed by atoms with Crippen LogP contribution in [-0.2, 0) is 14.4 Å². The molecule has 9 nitrogen and oxygen atoms in total. The number of nitrogens with two attached hydrogens (primary N) is 1. The predicted molar refractivity (Wildman–Crippen MR) is 96.1 cm³/mol. The third kappa shape index (κ3) is 4.49.